The molecule has 0 spiro atoms. The SMILES string of the molecule is O=C(O)CNC1(C(F)(F)F)COC1. The summed E-state index contributed by atoms with van der Waals surface area (Å²) in [4.78, 5) is 10.0. The number of rotatable bonds is 3. The van der Waals surface area contributed by atoms with Crippen LogP contribution in [0.2, 0.25) is 0 Å². The topological polar surface area (TPSA) is 58.6 Å². The summed E-state index contributed by atoms with van der Waals surface area (Å²) >= 11 is 0. The number of carboxylic acid groups (broad SMARTS) is 1. The van der Waals surface area contributed by atoms with Crippen LogP contribution in [-0.4, -0.2) is 42.5 Å². The number of halogens is 3. The number of alkyl halides is 3. The van der Waals surface area contributed by atoms with Crippen molar-refractivity contribution in [2.24, 2.45) is 0 Å². The summed E-state index contributed by atoms with van der Waals surface area (Å²) in [5.41, 5.74) is -2.16. The molecule has 4 nitrogen and oxygen atoms in total. The lowest BCUT2D eigenvalue weighted by atomic mass is 9.97. The van der Waals surface area contributed by atoms with Gasteiger partial charge in [0.2, 0.25) is 0 Å². The van der Waals surface area contributed by atoms with Crippen molar-refractivity contribution < 1.29 is 27.8 Å². The molecule has 0 saturated carbocycles. The van der Waals surface area contributed by atoms with Crippen LogP contribution in [0.1, 0.15) is 0 Å². The van der Waals surface area contributed by atoms with Crippen LogP contribution >= 0.6 is 0 Å². The molecular weight excluding hydrogens is 191 g/mol. The molecule has 76 valence electrons. The highest BCUT2D eigenvalue weighted by atomic mass is 19.4. The number of carbonyl (C=O) groups is 1. The minimum Gasteiger partial charge on any atom is -0.480 e. The average Bonchev–Trinajstić information content (AvgIpc) is 1.80. The molecule has 0 aromatic carbocycles. The first-order chi connectivity index (χ1) is 5.87. The van der Waals surface area contributed by atoms with Crippen LogP contribution in [0, 0.1) is 0 Å². The van der Waals surface area contributed by atoms with Gasteiger partial charge in [0.1, 0.15) is 0 Å². The van der Waals surface area contributed by atoms with Crippen LogP contribution < -0.4 is 5.32 Å². The molecule has 1 heterocycles. The summed E-state index contributed by atoms with van der Waals surface area (Å²) in [6.07, 6.45) is -4.47. The molecule has 0 aliphatic carbocycles. The fourth-order valence-electron chi connectivity index (χ4n) is 0.917. The third-order valence-electron chi connectivity index (χ3n) is 1.82. The Morgan fingerprint density at radius 1 is 1.54 bits per heavy atom. The quantitative estimate of drug-likeness (QED) is 0.671. The van der Waals surface area contributed by atoms with E-state index >= 15 is 0 Å². The van der Waals surface area contributed by atoms with Crippen LogP contribution in [-0.2, 0) is 9.53 Å². The summed E-state index contributed by atoms with van der Waals surface area (Å²) in [7, 11) is 0. The van der Waals surface area contributed by atoms with Crippen LogP contribution in [0.5, 0.6) is 0 Å². The molecule has 0 bridgehead atoms. The van der Waals surface area contributed by atoms with Gasteiger partial charge < -0.3 is 9.84 Å². The number of aliphatic carboxylic acids is 1. The number of carboxylic acids is 1. The van der Waals surface area contributed by atoms with E-state index in [-0.39, 0.29) is 0 Å². The van der Waals surface area contributed by atoms with Gasteiger partial charge in [-0.1, -0.05) is 0 Å². The summed E-state index contributed by atoms with van der Waals surface area (Å²) < 4.78 is 41.2. The van der Waals surface area contributed by atoms with Gasteiger partial charge in [-0.05, 0) is 0 Å². The number of hydrogen-bond donors (Lipinski definition) is 2. The Balaban J connectivity index is 2.55. The van der Waals surface area contributed by atoms with Gasteiger partial charge in [0.15, 0.2) is 5.54 Å². The molecule has 2 N–H and O–H groups in total. The first kappa shape index (κ1) is 10.3. The molecule has 1 saturated heterocycles. The summed E-state index contributed by atoms with van der Waals surface area (Å²) in [6, 6.07) is 0. The highest BCUT2D eigenvalue weighted by Gasteiger charge is 2.59. The van der Waals surface area contributed by atoms with Crippen LogP contribution in [0.15, 0.2) is 0 Å². The monoisotopic (exact) mass is 199 g/mol. The fraction of sp³-hybridized carbons (Fsp3) is 0.833. The van der Waals surface area contributed by atoms with E-state index in [4.69, 9.17) is 5.11 Å². The standard InChI is InChI=1S/C6H8F3NO3/c7-6(8,9)5(2-13-3-5)10-1-4(11)12/h10H,1-3H2,(H,11,12). The van der Waals surface area contributed by atoms with Crippen molar-refractivity contribution in [3.05, 3.63) is 0 Å². The number of nitrogens with one attached hydrogen (secondary N) is 1. The molecule has 1 fully saturated rings. The van der Waals surface area contributed by atoms with Gasteiger partial charge in [-0.25, -0.2) is 0 Å². The summed E-state index contributed by atoms with van der Waals surface area (Å²) in [5, 5.41) is 10.1. The second-order valence-electron chi connectivity index (χ2n) is 2.82. The van der Waals surface area contributed by atoms with E-state index in [1.165, 1.54) is 0 Å². The normalized spacial score (nSPS) is 20.8. The molecule has 7 heteroatoms. The lowest BCUT2D eigenvalue weighted by molar-refractivity contribution is -0.267. The summed E-state index contributed by atoms with van der Waals surface area (Å²) in [6.45, 7) is -1.77. The van der Waals surface area contributed by atoms with Crippen molar-refractivity contribution in [1.29, 1.82) is 0 Å². The highest BCUT2D eigenvalue weighted by molar-refractivity contribution is 5.69. The lowest BCUT2D eigenvalue weighted by Crippen LogP contribution is -2.69. The second-order valence-corrected chi connectivity index (χ2v) is 2.82. The van der Waals surface area contributed by atoms with Crippen molar-refractivity contribution in [1.82, 2.24) is 5.32 Å². The number of hydrogen-bond acceptors (Lipinski definition) is 3. The molecule has 13 heavy (non-hydrogen) atoms. The van der Waals surface area contributed by atoms with Crippen LogP contribution in [0.4, 0.5) is 13.2 Å². The smallest absolute Gasteiger partial charge is 0.411 e. The maximum absolute atomic E-state index is 12.3. The zero-order valence-corrected chi connectivity index (χ0v) is 6.52. The van der Waals surface area contributed by atoms with Crippen molar-refractivity contribution in [2.75, 3.05) is 19.8 Å². The second kappa shape index (κ2) is 3.15. The molecule has 0 aromatic rings. The zero-order chi connectivity index (χ0) is 10.1. The summed E-state index contributed by atoms with van der Waals surface area (Å²) in [5.74, 6) is -1.32. The molecule has 1 rings (SSSR count). The lowest BCUT2D eigenvalue weighted by Gasteiger charge is -2.42. The Bertz CT molecular complexity index is 212. The van der Waals surface area contributed by atoms with Gasteiger partial charge in [-0.2, -0.15) is 13.2 Å². The maximum Gasteiger partial charge on any atom is 0.411 e. The minimum atomic E-state index is -4.47. The predicted octanol–water partition coefficient (Wildman–Crippen LogP) is -0.00810. The maximum atomic E-state index is 12.3. The van der Waals surface area contributed by atoms with Crippen molar-refractivity contribution in [3.63, 3.8) is 0 Å². The predicted molar refractivity (Wildman–Crippen MR) is 35.2 cm³/mol. The Hall–Kier alpha value is -0.820. The molecule has 0 aromatic heterocycles. The zero-order valence-electron chi connectivity index (χ0n) is 6.52. The molecular formula is C6H8F3NO3. The third-order valence-corrected chi connectivity index (χ3v) is 1.82. The first-order valence-electron chi connectivity index (χ1n) is 3.49. The van der Waals surface area contributed by atoms with Gasteiger partial charge in [0, 0.05) is 0 Å². The first-order valence-corrected chi connectivity index (χ1v) is 3.49. The molecule has 0 amide bonds. The Morgan fingerprint density at radius 3 is 2.31 bits per heavy atom. The van der Waals surface area contributed by atoms with E-state index in [1.54, 1.807) is 0 Å². The Morgan fingerprint density at radius 2 is 2.08 bits per heavy atom. The van der Waals surface area contributed by atoms with Crippen LogP contribution in [0.3, 0.4) is 0 Å². The third kappa shape index (κ3) is 1.92. The van der Waals surface area contributed by atoms with E-state index in [1.807, 2.05) is 5.32 Å². The van der Waals surface area contributed by atoms with Crippen molar-refractivity contribution in [3.8, 4) is 0 Å². The van der Waals surface area contributed by atoms with Crippen LogP contribution in [0.25, 0.3) is 0 Å². The molecule has 1 aliphatic rings. The Kier molecular flexibility index (Phi) is 2.49. The largest absolute Gasteiger partial charge is 0.480 e. The molecule has 0 atom stereocenters. The average molecular weight is 199 g/mol. The minimum absolute atomic E-state index is 0.524. The van der Waals surface area contributed by atoms with Crippen molar-refractivity contribution in [2.45, 2.75) is 11.7 Å². The molecule has 0 radical (unpaired) electrons. The molecule has 0 unspecified atom stereocenters. The fourth-order valence-corrected chi connectivity index (χ4v) is 0.917. The van der Waals surface area contributed by atoms with E-state index < -0.39 is 37.4 Å². The van der Waals surface area contributed by atoms with E-state index in [9.17, 15) is 18.0 Å². The van der Waals surface area contributed by atoms with E-state index in [0.29, 0.717) is 0 Å². The van der Waals surface area contributed by atoms with Gasteiger partial charge in [0.05, 0.1) is 19.8 Å². The van der Waals surface area contributed by atoms with Gasteiger partial charge >= 0.3 is 12.1 Å². The molecule has 1 aliphatic heterocycles. The highest BCUT2D eigenvalue weighted by Crippen LogP contribution is 2.35. The van der Waals surface area contributed by atoms with Gasteiger partial charge in [0.25, 0.3) is 0 Å². The number of ether oxygens (including phenoxy) is 1. The van der Waals surface area contributed by atoms with Crippen molar-refractivity contribution >= 4 is 5.97 Å². The Labute approximate surface area is 71.7 Å². The van der Waals surface area contributed by atoms with Gasteiger partial charge in [-0.15, -0.1) is 0 Å². The van der Waals surface area contributed by atoms with E-state index in [2.05, 4.69) is 4.74 Å². The van der Waals surface area contributed by atoms with E-state index in [0.717, 1.165) is 0 Å². The van der Waals surface area contributed by atoms with Gasteiger partial charge in [-0.3, -0.25) is 10.1 Å².